The fourth-order valence-corrected chi connectivity index (χ4v) is 3.33. The molecule has 0 unspecified atom stereocenters. The van der Waals surface area contributed by atoms with Gasteiger partial charge in [-0.1, -0.05) is 12.1 Å². The van der Waals surface area contributed by atoms with Gasteiger partial charge in [-0.05, 0) is 50.3 Å². The Kier molecular flexibility index (Phi) is 3.10. The topological polar surface area (TPSA) is 35.6 Å². The van der Waals surface area contributed by atoms with Gasteiger partial charge in [0, 0.05) is 24.5 Å². The number of hydrogen-bond acceptors (Lipinski definition) is 2. The van der Waals surface area contributed by atoms with E-state index < -0.39 is 0 Å². The first-order valence-electron chi connectivity index (χ1n) is 7.88. The van der Waals surface area contributed by atoms with E-state index in [0.717, 1.165) is 23.4 Å². The quantitative estimate of drug-likeness (QED) is 0.725. The van der Waals surface area contributed by atoms with Crippen LogP contribution < -0.4 is 0 Å². The van der Waals surface area contributed by atoms with Crippen LogP contribution in [-0.2, 0) is 19.9 Å². The number of aromatic nitrogens is 4. The van der Waals surface area contributed by atoms with Gasteiger partial charge in [0.2, 0.25) is 0 Å². The molecule has 0 aliphatic heterocycles. The summed E-state index contributed by atoms with van der Waals surface area (Å²) >= 11 is 0. The molecule has 0 amide bonds. The second kappa shape index (κ2) is 5.13. The molecule has 2 aromatic heterocycles. The first-order chi connectivity index (χ1) is 10.7. The zero-order chi connectivity index (χ0) is 15.1. The summed E-state index contributed by atoms with van der Waals surface area (Å²) in [6.45, 7) is 2.13. The van der Waals surface area contributed by atoms with Crippen molar-refractivity contribution in [3.8, 4) is 16.9 Å². The Hall–Kier alpha value is -2.36. The summed E-state index contributed by atoms with van der Waals surface area (Å²) in [6, 6.07) is 8.55. The molecule has 1 aliphatic carbocycles. The zero-order valence-corrected chi connectivity index (χ0v) is 13.1. The van der Waals surface area contributed by atoms with E-state index >= 15 is 0 Å². The predicted molar refractivity (Wildman–Crippen MR) is 87.1 cm³/mol. The van der Waals surface area contributed by atoms with Crippen molar-refractivity contribution in [2.45, 2.75) is 32.6 Å². The number of hydrogen-bond donors (Lipinski definition) is 0. The number of imidazole rings is 1. The summed E-state index contributed by atoms with van der Waals surface area (Å²) in [4.78, 5) is 4.40. The van der Waals surface area contributed by atoms with Gasteiger partial charge in [-0.2, -0.15) is 5.10 Å². The van der Waals surface area contributed by atoms with E-state index in [1.165, 1.54) is 36.2 Å². The molecule has 4 rings (SSSR count). The van der Waals surface area contributed by atoms with Crippen LogP contribution in [0.15, 0.2) is 36.8 Å². The van der Waals surface area contributed by atoms with Crippen LogP contribution in [0.5, 0.6) is 0 Å². The summed E-state index contributed by atoms with van der Waals surface area (Å²) in [5.74, 6) is 0. The van der Waals surface area contributed by atoms with E-state index in [0.29, 0.717) is 0 Å². The van der Waals surface area contributed by atoms with Crippen LogP contribution in [0.25, 0.3) is 16.9 Å². The fourth-order valence-electron chi connectivity index (χ4n) is 3.33. The molecule has 0 N–H and O–H groups in total. The minimum absolute atomic E-state index is 1.01. The van der Waals surface area contributed by atoms with Crippen LogP contribution in [0.4, 0.5) is 0 Å². The van der Waals surface area contributed by atoms with Gasteiger partial charge in [-0.15, -0.1) is 0 Å². The van der Waals surface area contributed by atoms with Gasteiger partial charge in [-0.3, -0.25) is 0 Å². The van der Waals surface area contributed by atoms with E-state index in [1.807, 2.05) is 24.1 Å². The monoisotopic (exact) mass is 292 g/mol. The van der Waals surface area contributed by atoms with Crippen LogP contribution in [0, 0.1) is 6.92 Å². The summed E-state index contributed by atoms with van der Waals surface area (Å²) in [5, 5.41) is 4.77. The molecule has 4 heteroatoms. The highest BCUT2D eigenvalue weighted by molar-refractivity contribution is 5.60. The summed E-state index contributed by atoms with van der Waals surface area (Å²) in [6.07, 6.45) is 8.74. The molecule has 112 valence electrons. The van der Waals surface area contributed by atoms with Crippen LogP contribution in [0.2, 0.25) is 0 Å². The lowest BCUT2D eigenvalue weighted by Crippen LogP contribution is -2.07. The average molecular weight is 292 g/mol. The van der Waals surface area contributed by atoms with Crippen molar-refractivity contribution in [2.24, 2.45) is 7.05 Å². The first-order valence-corrected chi connectivity index (χ1v) is 7.88. The van der Waals surface area contributed by atoms with Crippen LogP contribution in [0.3, 0.4) is 0 Å². The van der Waals surface area contributed by atoms with Gasteiger partial charge in [0.25, 0.3) is 0 Å². The minimum Gasteiger partial charge on any atom is -0.340 e. The van der Waals surface area contributed by atoms with Crippen LogP contribution >= 0.6 is 0 Å². The number of fused-ring (bicyclic) bond motifs is 1. The molecule has 0 radical (unpaired) electrons. The van der Waals surface area contributed by atoms with Gasteiger partial charge in [0.05, 0.1) is 23.4 Å². The number of rotatable bonds is 2. The molecule has 0 spiro atoms. The highest BCUT2D eigenvalue weighted by Crippen LogP contribution is 2.27. The smallest absolute Gasteiger partial charge is 0.0951 e. The molecule has 4 nitrogen and oxygen atoms in total. The van der Waals surface area contributed by atoms with Crippen LogP contribution in [-0.4, -0.2) is 19.3 Å². The molecule has 0 atom stereocenters. The molecule has 2 heterocycles. The second-order valence-electron chi connectivity index (χ2n) is 6.10. The molecule has 0 bridgehead atoms. The van der Waals surface area contributed by atoms with Crippen molar-refractivity contribution in [3.63, 3.8) is 0 Å². The highest BCUT2D eigenvalue weighted by Gasteiger charge is 2.19. The molecule has 0 saturated carbocycles. The maximum absolute atomic E-state index is 4.77. The summed E-state index contributed by atoms with van der Waals surface area (Å²) < 4.78 is 4.10. The highest BCUT2D eigenvalue weighted by atomic mass is 15.3. The van der Waals surface area contributed by atoms with Crippen molar-refractivity contribution in [1.82, 2.24) is 19.3 Å². The van der Waals surface area contributed by atoms with E-state index in [1.54, 1.807) is 0 Å². The molecule has 0 fully saturated rings. The Morgan fingerprint density at radius 1 is 1.05 bits per heavy atom. The Labute approximate surface area is 130 Å². The SMILES string of the molecule is Cc1nn(-c2ccc(-c3cn(C)cn3)cc2)c2c1CCCC2. The van der Waals surface area contributed by atoms with E-state index in [9.17, 15) is 0 Å². The third kappa shape index (κ3) is 2.15. The molecule has 3 aromatic rings. The van der Waals surface area contributed by atoms with E-state index in [4.69, 9.17) is 5.10 Å². The number of nitrogens with zero attached hydrogens (tertiary/aromatic N) is 4. The maximum Gasteiger partial charge on any atom is 0.0951 e. The molecule has 1 aromatic carbocycles. The standard InChI is InChI=1S/C18H20N4/c1-13-16-5-3-4-6-18(16)22(20-13)15-9-7-14(8-10-15)17-11-21(2)12-19-17/h7-12H,3-6H2,1-2H3. The van der Waals surface area contributed by atoms with Gasteiger partial charge in [0.1, 0.15) is 0 Å². The van der Waals surface area contributed by atoms with E-state index in [-0.39, 0.29) is 0 Å². The Balaban J connectivity index is 1.72. The second-order valence-corrected chi connectivity index (χ2v) is 6.10. The number of benzene rings is 1. The van der Waals surface area contributed by atoms with Crippen molar-refractivity contribution in [1.29, 1.82) is 0 Å². The normalized spacial score (nSPS) is 14.1. The molecule has 22 heavy (non-hydrogen) atoms. The van der Waals surface area contributed by atoms with Crippen LogP contribution in [0.1, 0.15) is 29.8 Å². The lowest BCUT2D eigenvalue weighted by atomic mass is 9.96. The third-order valence-corrected chi connectivity index (χ3v) is 4.49. The van der Waals surface area contributed by atoms with Crippen molar-refractivity contribution in [2.75, 3.05) is 0 Å². The summed E-state index contributed by atoms with van der Waals surface area (Å²) in [5.41, 5.74) is 7.33. The average Bonchev–Trinajstić information content (AvgIpc) is 3.12. The van der Waals surface area contributed by atoms with Gasteiger partial charge in [-0.25, -0.2) is 9.67 Å². The van der Waals surface area contributed by atoms with Gasteiger partial charge >= 0.3 is 0 Å². The zero-order valence-electron chi connectivity index (χ0n) is 13.1. The Bertz CT molecular complexity index is 808. The van der Waals surface area contributed by atoms with Gasteiger partial charge < -0.3 is 4.57 Å². The molecule has 0 saturated heterocycles. The van der Waals surface area contributed by atoms with E-state index in [2.05, 4.69) is 40.9 Å². The molecular formula is C18H20N4. The first kappa shape index (κ1) is 13.3. The maximum atomic E-state index is 4.77. The lowest BCUT2D eigenvalue weighted by molar-refractivity contribution is 0.653. The molecule has 1 aliphatic rings. The van der Waals surface area contributed by atoms with Crippen molar-refractivity contribution < 1.29 is 0 Å². The fraction of sp³-hybridized carbons (Fsp3) is 0.333. The Morgan fingerprint density at radius 3 is 2.55 bits per heavy atom. The Morgan fingerprint density at radius 2 is 1.82 bits per heavy atom. The predicted octanol–water partition coefficient (Wildman–Crippen LogP) is 3.46. The lowest BCUT2D eigenvalue weighted by Gasteiger charge is -2.14. The van der Waals surface area contributed by atoms with Crippen molar-refractivity contribution in [3.05, 3.63) is 53.7 Å². The summed E-state index contributed by atoms with van der Waals surface area (Å²) in [7, 11) is 1.99. The number of aryl methyl sites for hydroxylation is 2. The van der Waals surface area contributed by atoms with Gasteiger partial charge in [0.15, 0.2) is 0 Å². The van der Waals surface area contributed by atoms with Crippen molar-refractivity contribution >= 4 is 0 Å². The largest absolute Gasteiger partial charge is 0.340 e. The molecular weight excluding hydrogens is 272 g/mol. The minimum atomic E-state index is 1.01. The third-order valence-electron chi connectivity index (χ3n) is 4.49.